The van der Waals surface area contributed by atoms with Crippen LogP contribution in [0.1, 0.15) is 11.1 Å². The number of nitrogens with zero attached hydrogens (tertiary/aromatic N) is 3. The Morgan fingerprint density at radius 3 is 2.81 bits per heavy atom. The molecule has 0 aromatic heterocycles. The van der Waals surface area contributed by atoms with Gasteiger partial charge in [-0.15, -0.1) is 0 Å². The van der Waals surface area contributed by atoms with Gasteiger partial charge >= 0.3 is 0 Å². The van der Waals surface area contributed by atoms with Crippen molar-refractivity contribution >= 4 is 28.8 Å². The number of amides is 1. The van der Waals surface area contributed by atoms with Gasteiger partial charge in [-0.05, 0) is 23.8 Å². The smallest absolute Gasteiger partial charge is 0.236 e. The van der Waals surface area contributed by atoms with Crippen molar-refractivity contribution in [2.45, 2.75) is 6.42 Å². The Bertz CT molecular complexity index is 827. The molecule has 2 aromatic carbocycles. The number of hydrogen-bond acceptors (Lipinski definition) is 4. The number of carbonyl (C=O) groups is 1. The van der Waals surface area contributed by atoms with E-state index in [9.17, 15) is 4.79 Å². The number of nitrogens with one attached hydrogen (secondary N) is 1. The monoisotopic (exact) mass is 276 g/mol. The van der Waals surface area contributed by atoms with E-state index in [1.165, 1.54) is 0 Å². The minimum atomic E-state index is 0.125. The Morgan fingerprint density at radius 2 is 1.90 bits per heavy atom. The van der Waals surface area contributed by atoms with Crippen molar-refractivity contribution in [2.24, 2.45) is 5.10 Å². The first kappa shape index (κ1) is 10.9. The van der Waals surface area contributed by atoms with E-state index in [1.54, 1.807) is 0 Å². The minimum absolute atomic E-state index is 0.125. The largest absolute Gasteiger partial charge is 0.303 e. The molecule has 0 spiro atoms. The third-order valence-electron chi connectivity index (χ3n) is 4.26. The lowest BCUT2D eigenvalue weighted by Gasteiger charge is -2.22. The number of anilines is 3. The van der Waals surface area contributed by atoms with Crippen molar-refractivity contribution in [2.75, 3.05) is 16.5 Å². The van der Waals surface area contributed by atoms with Crippen LogP contribution in [0.15, 0.2) is 47.6 Å². The fraction of sp³-hybridized carbons (Fsp3) is 0.125. The lowest BCUT2D eigenvalue weighted by atomic mass is 10.1. The summed E-state index contributed by atoms with van der Waals surface area (Å²) in [6.07, 6.45) is 0.457. The van der Waals surface area contributed by atoms with Gasteiger partial charge in [-0.2, -0.15) is 5.10 Å². The fourth-order valence-electron chi connectivity index (χ4n) is 3.40. The van der Waals surface area contributed by atoms with Gasteiger partial charge in [0.15, 0.2) is 5.84 Å². The third-order valence-corrected chi connectivity index (χ3v) is 4.26. The molecule has 1 amide bonds. The summed E-state index contributed by atoms with van der Waals surface area (Å²) in [6.45, 7) is 0.623. The van der Waals surface area contributed by atoms with Crippen LogP contribution in [0.2, 0.25) is 0 Å². The van der Waals surface area contributed by atoms with E-state index in [2.05, 4.69) is 15.4 Å². The molecule has 5 nitrogen and oxygen atoms in total. The molecule has 1 N–H and O–H groups in total. The number of amidine groups is 1. The van der Waals surface area contributed by atoms with Gasteiger partial charge < -0.3 is 4.90 Å². The zero-order valence-electron chi connectivity index (χ0n) is 11.2. The van der Waals surface area contributed by atoms with Crippen LogP contribution in [-0.4, -0.2) is 18.4 Å². The zero-order valence-corrected chi connectivity index (χ0v) is 11.2. The summed E-state index contributed by atoms with van der Waals surface area (Å²) >= 11 is 0. The van der Waals surface area contributed by atoms with Gasteiger partial charge in [0.2, 0.25) is 5.91 Å². The second kappa shape index (κ2) is 3.63. The molecular formula is C16H12N4O. The molecule has 2 aromatic rings. The van der Waals surface area contributed by atoms with Crippen LogP contribution in [0.3, 0.4) is 0 Å². The van der Waals surface area contributed by atoms with Crippen LogP contribution in [0.5, 0.6) is 0 Å². The Kier molecular flexibility index (Phi) is 1.89. The van der Waals surface area contributed by atoms with Crippen molar-refractivity contribution in [1.29, 1.82) is 0 Å². The summed E-state index contributed by atoms with van der Waals surface area (Å²) < 4.78 is 0. The van der Waals surface area contributed by atoms with Crippen molar-refractivity contribution < 1.29 is 4.79 Å². The Morgan fingerprint density at radius 1 is 1.05 bits per heavy atom. The highest BCUT2D eigenvalue weighted by molar-refractivity contribution is 6.23. The maximum Gasteiger partial charge on any atom is 0.236 e. The van der Waals surface area contributed by atoms with Gasteiger partial charge in [-0.3, -0.25) is 15.1 Å². The zero-order chi connectivity index (χ0) is 14.0. The van der Waals surface area contributed by atoms with Crippen LogP contribution in [0.25, 0.3) is 0 Å². The van der Waals surface area contributed by atoms with Crippen LogP contribution < -0.4 is 15.2 Å². The second-order valence-corrected chi connectivity index (χ2v) is 5.39. The summed E-state index contributed by atoms with van der Waals surface area (Å²) in [4.78, 5) is 16.5. The molecule has 5 heteroatoms. The third kappa shape index (κ3) is 1.25. The van der Waals surface area contributed by atoms with Crippen LogP contribution in [-0.2, 0) is 11.2 Å². The van der Waals surface area contributed by atoms with Gasteiger partial charge in [-0.1, -0.05) is 24.3 Å². The van der Waals surface area contributed by atoms with E-state index in [1.807, 2.05) is 47.4 Å². The van der Waals surface area contributed by atoms with Gasteiger partial charge in [0, 0.05) is 5.56 Å². The molecule has 0 fully saturated rings. The number of fused-ring (bicyclic) bond motifs is 5. The molecule has 3 aliphatic heterocycles. The molecule has 0 bridgehead atoms. The van der Waals surface area contributed by atoms with E-state index >= 15 is 0 Å². The molecule has 0 saturated heterocycles. The first-order chi connectivity index (χ1) is 10.3. The fourth-order valence-corrected chi connectivity index (χ4v) is 3.40. The van der Waals surface area contributed by atoms with E-state index < -0.39 is 0 Å². The Labute approximate surface area is 121 Å². The van der Waals surface area contributed by atoms with Crippen LogP contribution in [0.4, 0.5) is 17.1 Å². The molecule has 0 saturated carbocycles. The molecule has 3 heterocycles. The highest BCUT2D eigenvalue weighted by Gasteiger charge is 2.39. The standard InChI is InChI=1S/C16H12N4O/c21-14-8-10-4-3-5-11-15(10)20(14)13-7-2-1-6-12(13)19-9-17-18-16(11)19/h1-7,17H,8-9H2. The lowest BCUT2D eigenvalue weighted by Crippen LogP contribution is -2.29. The highest BCUT2D eigenvalue weighted by Crippen LogP contribution is 2.46. The number of hydrazone groups is 1. The van der Waals surface area contributed by atoms with Crippen molar-refractivity contribution in [3.63, 3.8) is 0 Å². The molecule has 5 rings (SSSR count). The average Bonchev–Trinajstić information content (AvgIpc) is 3.07. The molecule has 102 valence electrons. The van der Waals surface area contributed by atoms with E-state index in [4.69, 9.17) is 0 Å². The summed E-state index contributed by atoms with van der Waals surface area (Å²) in [5.41, 5.74) is 8.07. The predicted molar refractivity (Wildman–Crippen MR) is 80.8 cm³/mol. The van der Waals surface area contributed by atoms with Crippen LogP contribution >= 0.6 is 0 Å². The molecule has 0 aliphatic carbocycles. The molecule has 0 atom stereocenters. The topological polar surface area (TPSA) is 47.9 Å². The van der Waals surface area contributed by atoms with E-state index in [-0.39, 0.29) is 5.91 Å². The first-order valence-electron chi connectivity index (χ1n) is 6.97. The molecule has 21 heavy (non-hydrogen) atoms. The predicted octanol–water partition coefficient (Wildman–Crippen LogP) is 1.95. The summed E-state index contributed by atoms with van der Waals surface area (Å²) in [5, 5.41) is 4.44. The Balaban J connectivity index is 1.92. The van der Waals surface area contributed by atoms with Gasteiger partial charge in [0.1, 0.15) is 6.67 Å². The SMILES string of the molecule is O=C1Cc2cccc3c2N1c1ccccc1N1CNN=C31. The second-order valence-electron chi connectivity index (χ2n) is 5.39. The van der Waals surface area contributed by atoms with Gasteiger partial charge in [0.25, 0.3) is 0 Å². The first-order valence-corrected chi connectivity index (χ1v) is 6.97. The number of para-hydroxylation sites is 3. The lowest BCUT2D eigenvalue weighted by molar-refractivity contribution is -0.116. The average molecular weight is 276 g/mol. The van der Waals surface area contributed by atoms with E-state index in [0.29, 0.717) is 13.1 Å². The summed E-state index contributed by atoms with van der Waals surface area (Å²) in [6, 6.07) is 14.1. The summed E-state index contributed by atoms with van der Waals surface area (Å²) in [5.74, 6) is 1.01. The molecule has 3 aliphatic rings. The highest BCUT2D eigenvalue weighted by atomic mass is 16.2. The Hall–Kier alpha value is -2.82. The molecule has 0 radical (unpaired) electrons. The summed E-state index contributed by atoms with van der Waals surface area (Å²) in [7, 11) is 0. The maximum atomic E-state index is 12.5. The number of benzene rings is 2. The van der Waals surface area contributed by atoms with Gasteiger partial charge in [0.05, 0.1) is 23.5 Å². The minimum Gasteiger partial charge on any atom is -0.303 e. The number of hydrogen-bond donors (Lipinski definition) is 1. The number of carbonyl (C=O) groups excluding carboxylic acids is 1. The van der Waals surface area contributed by atoms with Crippen molar-refractivity contribution in [3.05, 3.63) is 53.6 Å². The van der Waals surface area contributed by atoms with Gasteiger partial charge in [-0.25, -0.2) is 0 Å². The molecule has 0 unspecified atom stereocenters. The van der Waals surface area contributed by atoms with Crippen LogP contribution in [0, 0.1) is 0 Å². The van der Waals surface area contributed by atoms with Crippen molar-refractivity contribution in [3.8, 4) is 0 Å². The quantitative estimate of drug-likeness (QED) is 0.800. The normalized spacial score (nSPS) is 17.7. The molecular weight excluding hydrogens is 264 g/mol. The number of rotatable bonds is 0. The van der Waals surface area contributed by atoms with E-state index in [0.717, 1.165) is 34.0 Å². The maximum absolute atomic E-state index is 12.5. The van der Waals surface area contributed by atoms with Crippen molar-refractivity contribution in [1.82, 2.24) is 5.43 Å².